The molecule has 3 N–H and O–H groups in total. The molecule has 6 heteroatoms. The van der Waals surface area contributed by atoms with E-state index >= 15 is 0 Å². The largest absolute Gasteiger partial charge is 0.397 e. The van der Waals surface area contributed by atoms with Crippen molar-refractivity contribution in [1.29, 1.82) is 0 Å². The van der Waals surface area contributed by atoms with Gasteiger partial charge in [0, 0.05) is 55.9 Å². The lowest BCUT2D eigenvalue weighted by atomic mass is 9.83. The standard InChI is InChI=1S/C33H32N4O2/c1-35-20-26-22-37(21-23-15-17-25(18-16-23)33(39)36-30-14-8-7-13-29(30)34)31(28-12-6-5-11-27(26)28)19-32(38)24-9-3-2-4-10-24/h2-18,20,26,31H,19,21-22,34H2,1H3,(H,36,39). The summed E-state index contributed by atoms with van der Waals surface area (Å²) in [6, 6.07) is 32.6. The molecule has 4 aromatic rings. The maximum atomic E-state index is 13.3. The number of amides is 1. The molecule has 39 heavy (non-hydrogen) atoms. The molecule has 0 saturated carbocycles. The van der Waals surface area contributed by atoms with E-state index < -0.39 is 0 Å². The molecule has 2 unspecified atom stereocenters. The quantitative estimate of drug-likeness (QED) is 0.167. The number of nitrogen functional groups attached to an aromatic ring is 1. The van der Waals surface area contributed by atoms with Crippen molar-refractivity contribution < 1.29 is 9.59 Å². The number of aliphatic imine (C=N–C) groups is 1. The fourth-order valence-corrected chi connectivity index (χ4v) is 5.27. The first-order valence-corrected chi connectivity index (χ1v) is 13.1. The van der Waals surface area contributed by atoms with Gasteiger partial charge in [0.15, 0.2) is 5.78 Å². The third-order valence-corrected chi connectivity index (χ3v) is 7.24. The van der Waals surface area contributed by atoms with Gasteiger partial charge >= 0.3 is 0 Å². The fourth-order valence-electron chi connectivity index (χ4n) is 5.27. The number of fused-ring (bicyclic) bond motifs is 1. The molecule has 1 aliphatic heterocycles. The number of ketones is 1. The van der Waals surface area contributed by atoms with Gasteiger partial charge in [0.25, 0.3) is 5.91 Å². The van der Waals surface area contributed by atoms with E-state index in [-0.39, 0.29) is 23.7 Å². The number of carbonyl (C=O) groups excluding carboxylic acids is 2. The highest BCUT2D eigenvalue weighted by Crippen LogP contribution is 2.39. The van der Waals surface area contributed by atoms with E-state index in [4.69, 9.17) is 5.73 Å². The SMILES string of the molecule is CN=CC1CN(Cc2ccc(C(=O)Nc3ccccc3N)cc2)C(CC(=O)c2ccccc2)c2ccccc21. The second-order valence-electron chi connectivity index (χ2n) is 9.82. The number of rotatable bonds is 8. The van der Waals surface area contributed by atoms with Crippen LogP contribution in [-0.4, -0.2) is 36.4 Å². The van der Waals surface area contributed by atoms with Gasteiger partial charge in [-0.3, -0.25) is 14.5 Å². The molecule has 0 saturated heterocycles. The Morgan fingerprint density at radius 2 is 1.54 bits per heavy atom. The highest BCUT2D eigenvalue weighted by molar-refractivity contribution is 6.05. The van der Waals surface area contributed by atoms with Crippen LogP contribution >= 0.6 is 0 Å². The minimum absolute atomic E-state index is 0.0700. The Labute approximate surface area is 229 Å². The number of para-hydroxylation sites is 2. The lowest BCUT2D eigenvalue weighted by Crippen LogP contribution is -2.39. The summed E-state index contributed by atoms with van der Waals surface area (Å²) in [6.07, 6.45) is 2.37. The Morgan fingerprint density at radius 1 is 0.872 bits per heavy atom. The zero-order valence-corrected chi connectivity index (χ0v) is 22.0. The molecular weight excluding hydrogens is 484 g/mol. The Hall–Kier alpha value is -4.55. The molecule has 5 rings (SSSR count). The molecule has 0 spiro atoms. The lowest BCUT2D eigenvalue weighted by molar-refractivity contribution is 0.0894. The summed E-state index contributed by atoms with van der Waals surface area (Å²) in [5.41, 5.74) is 11.8. The van der Waals surface area contributed by atoms with Crippen molar-refractivity contribution in [1.82, 2.24) is 4.90 Å². The van der Waals surface area contributed by atoms with Crippen LogP contribution in [0.2, 0.25) is 0 Å². The van der Waals surface area contributed by atoms with Crippen molar-refractivity contribution in [3.8, 4) is 0 Å². The summed E-state index contributed by atoms with van der Waals surface area (Å²) < 4.78 is 0. The molecule has 196 valence electrons. The summed E-state index contributed by atoms with van der Waals surface area (Å²) in [4.78, 5) is 32.8. The fraction of sp³-hybridized carbons (Fsp3) is 0.182. The number of nitrogens with two attached hydrogens (primary N) is 1. The van der Waals surface area contributed by atoms with Crippen LogP contribution in [0.3, 0.4) is 0 Å². The first-order chi connectivity index (χ1) is 19.0. The predicted octanol–water partition coefficient (Wildman–Crippen LogP) is 6.14. The van der Waals surface area contributed by atoms with Crippen molar-refractivity contribution in [2.75, 3.05) is 24.6 Å². The molecule has 1 amide bonds. The second kappa shape index (κ2) is 11.9. The maximum absolute atomic E-state index is 13.3. The van der Waals surface area contributed by atoms with E-state index in [0.717, 1.165) is 23.2 Å². The van der Waals surface area contributed by atoms with Crippen LogP contribution in [0.1, 0.15) is 55.8 Å². The third-order valence-electron chi connectivity index (χ3n) is 7.24. The summed E-state index contributed by atoms with van der Waals surface area (Å²) in [5, 5.41) is 2.88. The van der Waals surface area contributed by atoms with Crippen LogP contribution < -0.4 is 11.1 Å². The summed E-state index contributed by atoms with van der Waals surface area (Å²) >= 11 is 0. The number of carbonyl (C=O) groups is 2. The van der Waals surface area contributed by atoms with Crippen LogP contribution in [0.25, 0.3) is 0 Å². The number of hydrogen-bond acceptors (Lipinski definition) is 5. The van der Waals surface area contributed by atoms with Gasteiger partial charge < -0.3 is 16.0 Å². The minimum atomic E-state index is -0.211. The van der Waals surface area contributed by atoms with E-state index in [9.17, 15) is 9.59 Å². The lowest BCUT2D eigenvalue weighted by Gasteiger charge is -2.40. The van der Waals surface area contributed by atoms with E-state index in [0.29, 0.717) is 29.9 Å². The van der Waals surface area contributed by atoms with E-state index in [2.05, 4.69) is 27.3 Å². The zero-order chi connectivity index (χ0) is 27.2. The highest BCUT2D eigenvalue weighted by Gasteiger charge is 2.33. The summed E-state index contributed by atoms with van der Waals surface area (Å²) in [7, 11) is 1.80. The van der Waals surface area contributed by atoms with Gasteiger partial charge in [0.1, 0.15) is 0 Å². The van der Waals surface area contributed by atoms with Crippen molar-refractivity contribution in [3.63, 3.8) is 0 Å². The minimum Gasteiger partial charge on any atom is -0.397 e. The second-order valence-corrected chi connectivity index (χ2v) is 9.82. The van der Waals surface area contributed by atoms with Crippen LogP contribution in [0.5, 0.6) is 0 Å². The number of nitrogens with one attached hydrogen (secondary N) is 1. The third kappa shape index (κ3) is 5.97. The number of hydrogen-bond donors (Lipinski definition) is 2. The topological polar surface area (TPSA) is 87.8 Å². The van der Waals surface area contributed by atoms with Gasteiger partial charge in [-0.2, -0.15) is 0 Å². The van der Waals surface area contributed by atoms with Crippen molar-refractivity contribution in [3.05, 3.63) is 131 Å². The molecule has 0 bridgehead atoms. The first-order valence-electron chi connectivity index (χ1n) is 13.1. The van der Waals surface area contributed by atoms with Gasteiger partial charge in [0.2, 0.25) is 0 Å². The predicted molar refractivity (Wildman–Crippen MR) is 157 cm³/mol. The van der Waals surface area contributed by atoms with Crippen LogP contribution in [0, 0.1) is 0 Å². The van der Waals surface area contributed by atoms with Crippen molar-refractivity contribution in [2.24, 2.45) is 4.99 Å². The van der Waals surface area contributed by atoms with E-state index in [1.165, 1.54) is 5.56 Å². The molecule has 1 aliphatic rings. The van der Waals surface area contributed by atoms with E-state index in [1.807, 2.05) is 85.1 Å². The Balaban J connectivity index is 1.39. The molecule has 6 nitrogen and oxygen atoms in total. The summed E-state index contributed by atoms with van der Waals surface area (Å²) in [5.74, 6) is 0.0442. The number of benzene rings is 4. The molecular formula is C33H32N4O2. The molecule has 2 atom stereocenters. The van der Waals surface area contributed by atoms with Crippen molar-refractivity contribution >= 4 is 29.3 Å². The Bertz CT molecular complexity index is 1480. The van der Waals surface area contributed by atoms with Gasteiger partial charge in [-0.1, -0.05) is 78.9 Å². The molecule has 0 aromatic heterocycles. The van der Waals surface area contributed by atoms with Crippen molar-refractivity contribution in [2.45, 2.75) is 24.9 Å². The first kappa shape index (κ1) is 26.1. The van der Waals surface area contributed by atoms with Gasteiger partial charge in [-0.05, 0) is 41.0 Å². The average molecular weight is 517 g/mol. The highest BCUT2D eigenvalue weighted by atomic mass is 16.1. The van der Waals surface area contributed by atoms with E-state index in [1.54, 1.807) is 19.2 Å². The Kier molecular flexibility index (Phi) is 7.94. The van der Waals surface area contributed by atoms with Crippen LogP contribution in [-0.2, 0) is 6.54 Å². The molecule has 0 radical (unpaired) electrons. The monoisotopic (exact) mass is 516 g/mol. The summed E-state index contributed by atoms with van der Waals surface area (Å²) in [6.45, 7) is 1.39. The van der Waals surface area contributed by atoms with Gasteiger partial charge in [0.05, 0.1) is 11.4 Å². The number of anilines is 2. The van der Waals surface area contributed by atoms with Gasteiger partial charge in [-0.15, -0.1) is 0 Å². The average Bonchev–Trinajstić information content (AvgIpc) is 2.97. The normalized spacial score (nSPS) is 17.1. The molecule has 1 heterocycles. The zero-order valence-electron chi connectivity index (χ0n) is 22.0. The molecule has 4 aromatic carbocycles. The smallest absolute Gasteiger partial charge is 0.255 e. The van der Waals surface area contributed by atoms with Gasteiger partial charge in [-0.25, -0.2) is 0 Å². The van der Waals surface area contributed by atoms with Crippen LogP contribution in [0.4, 0.5) is 11.4 Å². The number of nitrogens with zero attached hydrogens (tertiary/aromatic N) is 2. The molecule has 0 aliphatic carbocycles. The molecule has 0 fully saturated rings. The maximum Gasteiger partial charge on any atom is 0.255 e. The van der Waals surface area contributed by atoms with Crippen LogP contribution in [0.15, 0.2) is 108 Å². The number of Topliss-reactive ketones (excluding diaryl/α,β-unsaturated/α-hetero) is 1. The Morgan fingerprint density at radius 3 is 2.26 bits per heavy atom.